The summed E-state index contributed by atoms with van der Waals surface area (Å²) in [5.41, 5.74) is 1.30. The molecule has 174 valence electrons. The van der Waals surface area contributed by atoms with Crippen LogP contribution in [-0.4, -0.2) is 54.0 Å². The molecule has 1 aliphatic heterocycles. The standard InChI is InChI=1S/C23H24N2O6S2/c1-29-17-11-14(12-18(30-2)21(17)31-3)13-19-22(28)25(23(32)33-19)10-4-5-20(27)24-15-6-8-16(26)9-7-15/h6-9,11-13,26H,4-5,10H2,1-3H3,(H,24,27)/b19-13-. The van der Waals surface area contributed by atoms with Crippen molar-refractivity contribution in [2.45, 2.75) is 12.8 Å². The first-order valence-electron chi connectivity index (χ1n) is 10.0. The van der Waals surface area contributed by atoms with Gasteiger partial charge in [-0.25, -0.2) is 0 Å². The molecule has 2 amide bonds. The second-order valence-electron chi connectivity index (χ2n) is 6.99. The van der Waals surface area contributed by atoms with Crippen molar-refractivity contribution in [2.75, 3.05) is 33.2 Å². The van der Waals surface area contributed by atoms with Crippen molar-refractivity contribution in [3.05, 3.63) is 46.9 Å². The summed E-state index contributed by atoms with van der Waals surface area (Å²) in [6.07, 6.45) is 2.40. The highest BCUT2D eigenvalue weighted by molar-refractivity contribution is 8.26. The molecule has 0 aliphatic carbocycles. The molecule has 10 heteroatoms. The third-order valence-corrected chi connectivity index (χ3v) is 6.17. The van der Waals surface area contributed by atoms with Gasteiger partial charge in [-0.15, -0.1) is 0 Å². The number of hydrogen-bond donors (Lipinski definition) is 2. The van der Waals surface area contributed by atoms with Crippen molar-refractivity contribution in [2.24, 2.45) is 0 Å². The quantitative estimate of drug-likeness (QED) is 0.310. The molecule has 3 rings (SSSR count). The smallest absolute Gasteiger partial charge is 0.266 e. The van der Waals surface area contributed by atoms with E-state index in [4.69, 9.17) is 26.4 Å². The number of carbonyl (C=O) groups excluding carboxylic acids is 2. The van der Waals surface area contributed by atoms with E-state index in [-0.39, 0.29) is 24.0 Å². The number of rotatable bonds is 9. The monoisotopic (exact) mass is 488 g/mol. The van der Waals surface area contributed by atoms with Crippen molar-refractivity contribution < 1.29 is 28.9 Å². The molecule has 2 aromatic carbocycles. The Morgan fingerprint density at radius 2 is 1.76 bits per heavy atom. The summed E-state index contributed by atoms with van der Waals surface area (Å²) in [5, 5.41) is 12.1. The lowest BCUT2D eigenvalue weighted by atomic mass is 10.1. The first kappa shape index (κ1) is 24.4. The molecule has 0 radical (unpaired) electrons. The van der Waals surface area contributed by atoms with E-state index in [2.05, 4.69) is 5.32 Å². The fourth-order valence-corrected chi connectivity index (χ4v) is 4.50. The number of phenolic OH excluding ortho intramolecular Hbond substituents is 1. The van der Waals surface area contributed by atoms with Gasteiger partial charge in [0, 0.05) is 18.7 Å². The van der Waals surface area contributed by atoms with Gasteiger partial charge < -0.3 is 24.6 Å². The van der Waals surface area contributed by atoms with Crippen LogP contribution < -0.4 is 19.5 Å². The molecule has 2 N–H and O–H groups in total. The molecule has 1 heterocycles. The number of ether oxygens (including phenoxy) is 3. The van der Waals surface area contributed by atoms with Crippen LogP contribution in [0.2, 0.25) is 0 Å². The number of carbonyl (C=O) groups is 2. The lowest BCUT2D eigenvalue weighted by Gasteiger charge is -2.14. The molecule has 0 unspecified atom stereocenters. The predicted molar refractivity (Wildman–Crippen MR) is 132 cm³/mol. The normalized spacial score (nSPS) is 14.5. The number of hydrogen-bond acceptors (Lipinski definition) is 8. The number of nitrogens with zero attached hydrogens (tertiary/aromatic N) is 1. The topological polar surface area (TPSA) is 97.3 Å². The zero-order valence-electron chi connectivity index (χ0n) is 18.4. The molecule has 1 aliphatic rings. The van der Waals surface area contributed by atoms with Crippen LogP contribution in [0.25, 0.3) is 6.08 Å². The molecular formula is C23H24N2O6S2. The minimum Gasteiger partial charge on any atom is -0.508 e. The molecule has 0 aromatic heterocycles. The van der Waals surface area contributed by atoms with E-state index in [1.165, 1.54) is 50.1 Å². The number of thiocarbonyl (C=S) groups is 1. The Hall–Kier alpha value is -3.24. The first-order chi connectivity index (χ1) is 15.9. The largest absolute Gasteiger partial charge is 0.508 e. The SMILES string of the molecule is COc1cc(/C=C2\SC(=S)N(CCCC(=O)Nc3ccc(O)cc3)C2=O)cc(OC)c1OC. The van der Waals surface area contributed by atoms with Crippen molar-refractivity contribution in [3.63, 3.8) is 0 Å². The molecule has 0 bridgehead atoms. The number of methoxy groups -OCH3 is 3. The second-order valence-corrected chi connectivity index (χ2v) is 8.67. The minimum atomic E-state index is -0.210. The number of amides is 2. The summed E-state index contributed by atoms with van der Waals surface area (Å²) in [7, 11) is 4.58. The average Bonchev–Trinajstić information content (AvgIpc) is 3.07. The van der Waals surface area contributed by atoms with Crippen LogP contribution in [0.1, 0.15) is 18.4 Å². The van der Waals surface area contributed by atoms with Crippen LogP contribution in [0.4, 0.5) is 5.69 Å². The number of phenols is 1. The average molecular weight is 489 g/mol. The van der Waals surface area contributed by atoms with Crippen molar-refractivity contribution in [1.82, 2.24) is 4.90 Å². The van der Waals surface area contributed by atoms with Gasteiger partial charge in [-0.3, -0.25) is 14.5 Å². The highest BCUT2D eigenvalue weighted by atomic mass is 32.2. The van der Waals surface area contributed by atoms with E-state index in [0.717, 1.165) is 0 Å². The summed E-state index contributed by atoms with van der Waals surface area (Å²) >= 11 is 6.59. The molecule has 1 fully saturated rings. The molecule has 1 saturated heterocycles. The van der Waals surface area contributed by atoms with Gasteiger partial charge in [-0.1, -0.05) is 24.0 Å². The number of benzene rings is 2. The van der Waals surface area contributed by atoms with Crippen LogP contribution in [0.5, 0.6) is 23.0 Å². The van der Waals surface area contributed by atoms with Gasteiger partial charge in [0.25, 0.3) is 5.91 Å². The molecule has 2 aromatic rings. The van der Waals surface area contributed by atoms with E-state index >= 15 is 0 Å². The predicted octanol–water partition coefficient (Wildman–Crippen LogP) is 4.04. The van der Waals surface area contributed by atoms with Crippen LogP contribution in [-0.2, 0) is 9.59 Å². The van der Waals surface area contributed by atoms with Crippen LogP contribution in [0.15, 0.2) is 41.3 Å². The van der Waals surface area contributed by atoms with Crippen LogP contribution in [0, 0.1) is 0 Å². The summed E-state index contributed by atoms with van der Waals surface area (Å²) in [5.74, 6) is 1.17. The summed E-state index contributed by atoms with van der Waals surface area (Å²) in [6, 6.07) is 9.72. The first-order valence-corrected chi connectivity index (χ1v) is 11.2. The van der Waals surface area contributed by atoms with Gasteiger partial charge in [0.05, 0.1) is 26.2 Å². The van der Waals surface area contributed by atoms with E-state index in [1.54, 1.807) is 30.3 Å². The van der Waals surface area contributed by atoms with Gasteiger partial charge in [0.1, 0.15) is 10.1 Å². The molecule has 33 heavy (non-hydrogen) atoms. The number of nitrogens with one attached hydrogen (secondary N) is 1. The van der Waals surface area contributed by atoms with E-state index in [0.29, 0.717) is 50.7 Å². The van der Waals surface area contributed by atoms with E-state index in [9.17, 15) is 14.7 Å². The Bertz CT molecular complexity index is 1060. The van der Waals surface area contributed by atoms with Crippen LogP contribution >= 0.6 is 24.0 Å². The number of aromatic hydroxyl groups is 1. The Morgan fingerprint density at radius 1 is 1.12 bits per heavy atom. The fraction of sp³-hybridized carbons (Fsp3) is 0.261. The second kappa shape index (κ2) is 11.1. The van der Waals surface area contributed by atoms with Gasteiger partial charge in [0.15, 0.2) is 11.5 Å². The fourth-order valence-electron chi connectivity index (χ4n) is 3.19. The molecular weight excluding hydrogens is 464 g/mol. The van der Waals surface area contributed by atoms with Crippen molar-refractivity contribution in [1.29, 1.82) is 0 Å². The molecule has 0 saturated carbocycles. The number of anilines is 1. The third-order valence-electron chi connectivity index (χ3n) is 4.80. The lowest BCUT2D eigenvalue weighted by Crippen LogP contribution is -2.29. The lowest BCUT2D eigenvalue weighted by molar-refractivity contribution is -0.122. The minimum absolute atomic E-state index is 0.127. The number of thioether (sulfide) groups is 1. The maximum absolute atomic E-state index is 12.9. The van der Waals surface area contributed by atoms with E-state index < -0.39 is 0 Å². The van der Waals surface area contributed by atoms with Gasteiger partial charge in [0.2, 0.25) is 11.7 Å². The third kappa shape index (κ3) is 5.96. The highest BCUT2D eigenvalue weighted by Crippen LogP contribution is 2.40. The Balaban J connectivity index is 1.63. The van der Waals surface area contributed by atoms with Gasteiger partial charge in [-0.05, 0) is 54.5 Å². The highest BCUT2D eigenvalue weighted by Gasteiger charge is 2.31. The van der Waals surface area contributed by atoms with Crippen molar-refractivity contribution >= 4 is 51.9 Å². The summed E-state index contributed by atoms with van der Waals surface area (Å²) < 4.78 is 16.5. The Labute approximate surface area is 201 Å². The summed E-state index contributed by atoms with van der Waals surface area (Å²) in [4.78, 5) is 27.0. The molecule has 0 spiro atoms. The maximum atomic E-state index is 12.9. The van der Waals surface area contributed by atoms with Gasteiger partial charge >= 0.3 is 0 Å². The van der Waals surface area contributed by atoms with E-state index in [1.807, 2.05) is 0 Å². The molecule has 8 nitrogen and oxygen atoms in total. The Morgan fingerprint density at radius 3 is 2.33 bits per heavy atom. The van der Waals surface area contributed by atoms with Crippen molar-refractivity contribution in [3.8, 4) is 23.0 Å². The zero-order chi connectivity index (χ0) is 24.0. The Kier molecular flexibility index (Phi) is 8.18. The van der Waals surface area contributed by atoms with Gasteiger partial charge in [-0.2, -0.15) is 0 Å². The van der Waals surface area contributed by atoms with Crippen LogP contribution in [0.3, 0.4) is 0 Å². The molecule has 0 atom stereocenters. The zero-order valence-corrected chi connectivity index (χ0v) is 20.0. The summed E-state index contributed by atoms with van der Waals surface area (Å²) in [6.45, 7) is 0.334. The maximum Gasteiger partial charge on any atom is 0.266 e.